The van der Waals surface area contributed by atoms with E-state index in [1.807, 2.05) is 0 Å². The van der Waals surface area contributed by atoms with Crippen LogP contribution in [0.2, 0.25) is 0 Å². The lowest BCUT2D eigenvalue weighted by Gasteiger charge is -2.21. The van der Waals surface area contributed by atoms with Crippen LogP contribution in [-0.2, 0) is 65.4 Å². The molecule has 552 valence electrons. The van der Waals surface area contributed by atoms with Crippen LogP contribution in [0.1, 0.15) is 297 Å². The first-order chi connectivity index (χ1) is 46.7. The van der Waals surface area contributed by atoms with E-state index in [0.29, 0.717) is 25.7 Å². The minimum absolute atomic E-state index is 0.0776. The molecular weight excluding hydrogens is 1260 g/mol. The van der Waals surface area contributed by atoms with Gasteiger partial charge in [0.25, 0.3) is 0 Å². The summed E-state index contributed by atoms with van der Waals surface area (Å²) in [5, 5.41) is 10.6. The van der Waals surface area contributed by atoms with Crippen LogP contribution >= 0.6 is 15.6 Å². The Kier molecular flexibility index (Phi) is 66.1. The fourth-order valence-electron chi connectivity index (χ4n) is 9.59. The zero-order chi connectivity index (χ0) is 70.4. The van der Waals surface area contributed by atoms with Crippen LogP contribution in [0.15, 0.2) is 109 Å². The number of hydrogen-bond donors (Lipinski definition) is 3. The number of rotatable bonds is 69. The predicted molar refractivity (Wildman–Crippen MR) is 390 cm³/mol. The van der Waals surface area contributed by atoms with Crippen LogP contribution in [0.4, 0.5) is 0 Å². The summed E-state index contributed by atoms with van der Waals surface area (Å²) in [6, 6.07) is 0. The van der Waals surface area contributed by atoms with Crippen molar-refractivity contribution in [2.24, 2.45) is 0 Å². The molecule has 0 spiro atoms. The maximum Gasteiger partial charge on any atom is 0.472 e. The van der Waals surface area contributed by atoms with Crippen LogP contribution in [0.3, 0.4) is 0 Å². The summed E-state index contributed by atoms with van der Waals surface area (Å²) < 4.78 is 68.3. The molecule has 3 N–H and O–H groups in total. The van der Waals surface area contributed by atoms with E-state index in [-0.39, 0.29) is 25.7 Å². The molecule has 0 bridgehead atoms. The maximum atomic E-state index is 13.0. The SMILES string of the molecule is CC/C=C\C/C=C\C/C=C\C/C=C\CCCCCCC(=O)OCC(COP(=O)(O)OCC(O)COP(=O)(O)OCC(COC(=O)CCCCCC/C=C\C/C=C\C/C=C\C/C=C\CC)OC(=O)CCCCCCCCCCCCC)OC(=O)CCCCCCC/C=C\CCCC. The first-order valence-electron chi connectivity index (χ1n) is 37.1. The molecule has 0 aliphatic rings. The van der Waals surface area contributed by atoms with E-state index in [0.717, 1.165) is 167 Å². The predicted octanol–water partition coefficient (Wildman–Crippen LogP) is 21.0. The highest BCUT2D eigenvalue weighted by atomic mass is 31.2. The fourth-order valence-corrected chi connectivity index (χ4v) is 11.2. The van der Waals surface area contributed by atoms with Gasteiger partial charge in [0.1, 0.15) is 19.3 Å². The summed E-state index contributed by atoms with van der Waals surface area (Å²) in [7, 11) is -9.95. The van der Waals surface area contributed by atoms with Gasteiger partial charge in [0.05, 0.1) is 26.4 Å². The molecule has 0 fully saturated rings. The molecule has 5 atom stereocenters. The average molecular weight is 1390 g/mol. The third-order valence-corrected chi connectivity index (χ3v) is 17.1. The van der Waals surface area contributed by atoms with E-state index in [2.05, 4.69) is 137 Å². The smallest absolute Gasteiger partial charge is 0.462 e. The lowest BCUT2D eigenvalue weighted by molar-refractivity contribution is -0.161. The summed E-state index contributed by atoms with van der Waals surface area (Å²) in [6.07, 6.45) is 72.4. The zero-order valence-corrected chi connectivity index (χ0v) is 61.8. The number of esters is 4. The average Bonchev–Trinajstić information content (AvgIpc) is 1.21. The van der Waals surface area contributed by atoms with E-state index in [9.17, 15) is 43.2 Å². The van der Waals surface area contributed by atoms with Gasteiger partial charge in [0.15, 0.2) is 12.2 Å². The first kappa shape index (κ1) is 91.7. The number of hydrogen-bond acceptors (Lipinski definition) is 15. The standard InChI is InChI=1S/C77H132O17P2/c1-5-9-13-17-21-25-29-31-33-35-37-39-43-45-49-53-57-61-74(79)87-67-72(93-76(81)63-59-55-51-47-41-27-23-19-15-11-7-3)69-91-95(83,84)89-65-71(78)66-90-96(85,86)92-70-73(94-77(82)64-60-56-52-48-42-28-24-20-16-12-8-4)68-88-75(80)62-58-54-50-46-44-40-38-36-34-32-30-26-22-18-14-10-6-2/h9-10,13-14,19,21-23,25-26,31-34,37-40,71-73,78H,5-8,11-12,15-18,20,24,27-30,35-36,41-70H2,1-4H3,(H,83,84)(H,85,86)/b13-9-,14-10-,23-19-,25-21-,26-22-,33-31-,34-32-,39-37-,40-38-. The Labute approximate surface area is 581 Å². The van der Waals surface area contributed by atoms with Gasteiger partial charge in [-0.2, -0.15) is 0 Å². The van der Waals surface area contributed by atoms with Crippen molar-refractivity contribution in [2.45, 2.75) is 316 Å². The van der Waals surface area contributed by atoms with Crippen LogP contribution in [0.25, 0.3) is 0 Å². The molecule has 96 heavy (non-hydrogen) atoms. The molecule has 0 aliphatic carbocycles. The molecule has 0 aromatic carbocycles. The minimum Gasteiger partial charge on any atom is -0.462 e. The molecule has 0 heterocycles. The van der Waals surface area contributed by atoms with E-state index >= 15 is 0 Å². The van der Waals surface area contributed by atoms with Gasteiger partial charge >= 0.3 is 39.5 Å². The zero-order valence-electron chi connectivity index (χ0n) is 60.0. The number of allylic oxidation sites excluding steroid dienone is 18. The normalized spacial score (nSPS) is 14.6. The molecule has 0 radical (unpaired) electrons. The van der Waals surface area contributed by atoms with Crippen LogP contribution in [0.5, 0.6) is 0 Å². The molecule has 0 aromatic rings. The van der Waals surface area contributed by atoms with Gasteiger partial charge in [0, 0.05) is 25.7 Å². The number of carbonyl (C=O) groups is 4. The van der Waals surface area contributed by atoms with Crippen molar-refractivity contribution >= 4 is 39.5 Å². The van der Waals surface area contributed by atoms with Gasteiger partial charge in [-0.05, 0) is 122 Å². The third-order valence-electron chi connectivity index (χ3n) is 15.2. The van der Waals surface area contributed by atoms with Crippen molar-refractivity contribution in [3.8, 4) is 0 Å². The number of aliphatic hydroxyl groups is 1. The van der Waals surface area contributed by atoms with Gasteiger partial charge in [-0.3, -0.25) is 37.3 Å². The highest BCUT2D eigenvalue weighted by Crippen LogP contribution is 2.45. The van der Waals surface area contributed by atoms with Crippen LogP contribution in [-0.4, -0.2) is 96.7 Å². The van der Waals surface area contributed by atoms with Crippen LogP contribution in [0, 0.1) is 0 Å². The van der Waals surface area contributed by atoms with Gasteiger partial charge < -0.3 is 33.8 Å². The summed E-state index contributed by atoms with van der Waals surface area (Å²) >= 11 is 0. The highest BCUT2D eigenvalue weighted by Gasteiger charge is 2.30. The van der Waals surface area contributed by atoms with Crippen molar-refractivity contribution in [1.29, 1.82) is 0 Å². The number of aliphatic hydroxyl groups excluding tert-OH is 1. The monoisotopic (exact) mass is 1390 g/mol. The van der Waals surface area contributed by atoms with Crippen molar-refractivity contribution in [3.05, 3.63) is 109 Å². The molecule has 0 aromatic heterocycles. The molecule has 17 nitrogen and oxygen atoms in total. The molecule has 19 heteroatoms. The number of unbranched alkanes of at least 4 members (excludes halogenated alkanes) is 25. The van der Waals surface area contributed by atoms with Gasteiger partial charge in [-0.1, -0.05) is 259 Å². The Hall–Kier alpha value is -4.28. The van der Waals surface area contributed by atoms with E-state index in [4.69, 9.17) is 37.0 Å². The molecule has 0 amide bonds. The molecule has 0 aliphatic heterocycles. The van der Waals surface area contributed by atoms with Crippen molar-refractivity contribution in [3.63, 3.8) is 0 Å². The highest BCUT2D eigenvalue weighted by molar-refractivity contribution is 7.47. The number of phosphoric acid groups is 2. The Morgan fingerprint density at radius 2 is 0.552 bits per heavy atom. The Balaban J connectivity index is 5.33. The van der Waals surface area contributed by atoms with Gasteiger partial charge in [0.2, 0.25) is 0 Å². The van der Waals surface area contributed by atoms with E-state index < -0.39 is 97.5 Å². The largest absolute Gasteiger partial charge is 0.472 e. The van der Waals surface area contributed by atoms with Crippen molar-refractivity contribution in [1.82, 2.24) is 0 Å². The molecule has 0 rings (SSSR count). The molecule has 0 saturated carbocycles. The van der Waals surface area contributed by atoms with E-state index in [1.165, 1.54) is 51.4 Å². The second-order valence-electron chi connectivity index (χ2n) is 24.5. The number of carbonyl (C=O) groups excluding carboxylic acids is 4. The van der Waals surface area contributed by atoms with E-state index in [1.54, 1.807) is 0 Å². The quantitative estimate of drug-likeness (QED) is 0.0169. The number of phosphoric ester groups is 2. The summed E-state index contributed by atoms with van der Waals surface area (Å²) in [5.74, 6) is -2.23. The Morgan fingerprint density at radius 3 is 0.875 bits per heavy atom. The lowest BCUT2D eigenvalue weighted by Crippen LogP contribution is -2.30. The van der Waals surface area contributed by atoms with Crippen molar-refractivity contribution < 1.29 is 80.2 Å². The van der Waals surface area contributed by atoms with Crippen LogP contribution < -0.4 is 0 Å². The third kappa shape index (κ3) is 68.3. The Morgan fingerprint density at radius 1 is 0.302 bits per heavy atom. The summed E-state index contributed by atoms with van der Waals surface area (Å²) in [5.41, 5.74) is 0. The fraction of sp³-hybridized carbons (Fsp3) is 0.714. The first-order valence-corrected chi connectivity index (χ1v) is 40.1. The molecule has 0 saturated heterocycles. The minimum atomic E-state index is -4.98. The second kappa shape index (κ2) is 69.2. The maximum absolute atomic E-state index is 13.0. The second-order valence-corrected chi connectivity index (χ2v) is 27.4. The summed E-state index contributed by atoms with van der Waals surface area (Å²) in [4.78, 5) is 72.7. The lowest BCUT2D eigenvalue weighted by atomic mass is 10.1. The van der Waals surface area contributed by atoms with Gasteiger partial charge in [-0.15, -0.1) is 0 Å². The summed E-state index contributed by atoms with van der Waals surface area (Å²) in [6.45, 7) is 4.53. The van der Waals surface area contributed by atoms with Gasteiger partial charge in [-0.25, -0.2) is 9.13 Å². The number of ether oxygens (including phenoxy) is 4. The molecule has 5 unspecified atom stereocenters. The van der Waals surface area contributed by atoms with Crippen molar-refractivity contribution in [2.75, 3.05) is 39.6 Å². The Bertz CT molecular complexity index is 2250. The topological polar surface area (TPSA) is 237 Å². The molecular formula is C77H132O17P2.